The van der Waals surface area contributed by atoms with E-state index < -0.39 is 0 Å². The van der Waals surface area contributed by atoms with Crippen LogP contribution < -0.4 is 5.32 Å². The van der Waals surface area contributed by atoms with Crippen LogP contribution in [-0.4, -0.2) is 37.1 Å². The van der Waals surface area contributed by atoms with Gasteiger partial charge in [0.25, 0.3) is 0 Å². The van der Waals surface area contributed by atoms with E-state index in [9.17, 15) is 0 Å². The van der Waals surface area contributed by atoms with Crippen LogP contribution in [0, 0.1) is 18.3 Å². The molecule has 1 aliphatic carbocycles. The highest BCUT2D eigenvalue weighted by molar-refractivity contribution is 4.88. The quantitative estimate of drug-likeness (QED) is 0.566. The van der Waals surface area contributed by atoms with E-state index in [2.05, 4.69) is 37.0 Å². The summed E-state index contributed by atoms with van der Waals surface area (Å²) in [5.74, 6) is 3.46. The third-order valence-electron chi connectivity index (χ3n) is 3.95. The van der Waals surface area contributed by atoms with Crippen LogP contribution in [0.25, 0.3) is 0 Å². The zero-order valence-electron chi connectivity index (χ0n) is 11.0. The Hall–Kier alpha value is -0.520. The molecule has 1 rings (SSSR count). The first-order chi connectivity index (χ1) is 7.66. The van der Waals surface area contributed by atoms with Crippen molar-refractivity contribution in [3.63, 3.8) is 0 Å². The number of nitrogens with zero attached hydrogens (tertiary/aromatic N) is 1. The highest BCUT2D eigenvalue weighted by Gasteiger charge is 2.27. The average molecular weight is 222 g/mol. The van der Waals surface area contributed by atoms with Crippen molar-refractivity contribution in [1.82, 2.24) is 10.2 Å². The van der Waals surface area contributed by atoms with Crippen LogP contribution in [0.1, 0.15) is 39.5 Å². The molecule has 0 aromatic rings. The monoisotopic (exact) mass is 222 g/mol. The van der Waals surface area contributed by atoms with Crippen molar-refractivity contribution in [3.05, 3.63) is 0 Å². The molecule has 2 heteroatoms. The highest BCUT2D eigenvalue weighted by atomic mass is 15.2. The van der Waals surface area contributed by atoms with E-state index in [1.54, 1.807) is 0 Å². The number of nitrogens with one attached hydrogen (secondary N) is 1. The molecule has 0 amide bonds. The topological polar surface area (TPSA) is 15.3 Å². The molecule has 0 spiro atoms. The second-order valence-electron chi connectivity index (χ2n) is 5.18. The van der Waals surface area contributed by atoms with Crippen molar-refractivity contribution in [2.75, 3.05) is 20.1 Å². The highest BCUT2D eigenvalue weighted by Crippen LogP contribution is 2.28. The maximum Gasteiger partial charge on any atom is 0.0574 e. The lowest BCUT2D eigenvalue weighted by molar-refractivity contribution is 0.103. The molecule has 0 aromatic heterocycles. The Morgan fingerprint density at radius 3 is 2.75 bits per heavy atom. The Kier molecular flexibility index (Phi) is 5.87. The molecule has 0 heterocycles. The van der Waals surface area contributed by atoms with Gasteiger partial charge in [0.15, 0.2) is 0 Å². The summed E-state index contributed by atoms with van der Waals surface area (Å²) in [6, 6.07) is 1.33. The molecule has 92 valence electrons. The van der Waals surface area contributed by atoms with E-state index in [0.29, 0.717) is 12.6 Å². The summed E-state index contributed by atoms with van der Waals surface area (Å²) in [5, 5.41) is 3.29. The summed E-state index contributed by atoms with van der Waals surface area (Å²) in [6.45, 7) is 6.34. The lowest BCUT2D eigenvalue weighted by atomic mass is 9.84. The molecule has 1 N–H and O–H groups in total. The fraction of sp³-hybridized carbons (Fsp3) is 0.857. The Morgan fingerprint density at radius 2 is 2.12 bits per heavy atom. The van der Waals surface area contributed by atoms with Crippen molar-refractivity contribution >= 4 is 0 Å². The molecule has 3 atom stereocenters. The Morgan fingerprint density at radius 1 is 1.44 bits per heavy atom. The third-order valence-corrected chi connectivity index (χ3v) is 3.95. The second kappa shape index (κ2) is 6.93. The van der Waals surface area contributed by atoms with Gasteiger partial charge in [0.1, 0.15) is 0 Å². The smallest absolute Gasteiger partial charge is 0.0574 e. The van der Waals surface area contributed by atoms with E-state index in [0.717, 1.165) is 18.5 Å². The predicted octanol–water partition coefficient (Wildman–Crippen LogP) is 2.11. The number of terminal acetylenes is 1. The van der Waals surface area contributed by atoms with Crippen LogP contribution >= 0.6 is 0 Å². The minimum atomic E-state index is 0.568. The SMILES string of the molecule is C#CCNCC(C)N(C)C1CCCCC1C. The maximum absolute atomic E-state index is 5.23. The molecule has 1 saturated carbocycles. The lowest BCUT2D eigenvalue weighted by Gasteiger charge is -2.39. The molecule has 1 aliphatic rings. The summed E-state index contributed by atoms with van der Waals surface area (Å²) in [6.07, 6.45) is 10.8. The van der Waals surface area contributed by atoms with Crippen LogP contribution in [0.3, 0.4) is 0 Å². The Balaban J connectivity index is 2.36. The molecule has 2 nitrogen and oxygen atoms in total. The van der Waals surface area contributed by atoms with Gasteiger partial charge in [0.05, 0.1) is 6.54 Å². The van der Waals surface area contributed by atoms with Crippen molar-refractivity contribution in [2.45, 2.75) is 51.6 Å². The van der Waals surface area contributed by atoms with Crippen LogP contribution in [0.2, 0.25) is 0 Å². The minimum absolute atomic E-state index is 0.568. The molecular weight excluding hydrogens is 196 g/mol. The fourth-order valence-electron chi connectivity index (χ4n) is 2.73. The van der Waals surface area contributed by atoms with Gasteiger partial charge >= 0.3 is 0 Å². The van der Waals surface area contributed by atoms with Crippen molar-refractivity contribution in [3.8, 4) is 12.3 Å². The van der Waals surface area contributed by atoms with Gasteiger partial charge in [-0.1, -0.05) is 25.7 Å². The van der Waals surface area contributed by atoms with Gasteiger partial charge in [-0.25, -0.2) is 0 Å². The van der Waals surface area contributed by atoms with Gasteiger partial charge in [0, 0.05) is 18.6 Å². The van der Waals surface area contributed by atoms with Crippen LogP contribution in [0.5, 0.6) is 0 Å². The van der Waals surface area contributed by atoms with Crippen molar-refractivity contribution in [2.24, 2.45) is 5.92 Å². The Bertz CT molecular complexity index is 231. The number of hydrogen-bond donors (Lipinski definition) is 1. The molecule has 0 aliphatic heterocycles. The van der Waals surface area contributed by atoms with Crippen LogP contribution in [0.15, 0.2) is 0 Å². The minimum Gasteiger partial charge on any atom is -0.305 e. The molecule has 0 saturated heterocycles. The molecule has 0 radical (unpaired) electrons. The standard InChI is InChI=1S/C14H26N2/c1-5-10-15-11-13(3)16(4)14-9-7-6-8-12(14)2/h1,12-15H,6-11H2,2-4H3. The fourth-order valence-corrected chi connectivity index (χ4v) is 2.73. The summed E-state index contributed by atoms with van der Waals surface area (Å²) in [7, 11) is 2.26. The van der Waals surface area contributed by atoms with Crippen LogP contribution in [-0.2, 0) is 0 Å². The van der Waals surface area contributed by atoms with Crippen LogP contribution in [0.4, 0.5) is 0 Å². The lowest BCUT2D eigenvalue weighted by Crippen LogP contribution is -2.47. The average Bonchev–Trinajstić information content (AvgIpc) is 2.29. The second-order valence-corrected chi connectivity index (χ2v) is 5.18. The molecule has 0 aromatic carbocycles. The first-order valence-corrected chi connectivity index (χ1v) is 6.53. The van der Waals surface area contributed by atoms with E-state index in [1.807, 2.05) is 0 Å². The third kappa shape index (κ3) is 3.81. The van der Waals surface area contributed by atoms with E-state index in [4.69, 9.17) is 6.42 Å². The summed E-state index contributed by atoms with van der Waals surface area (Å²) < 4.78 is 0. The number of hydrogen-bond acceptors (Lipinski definition) is 2. The van der Waals surface area contributed by atoms with E-state index in [1.165, 1.54) is 25.7 Å². The molecule has 16 heavy (non-hydrogen) atoms. The van der Waals surface area contributed by atoms with Gasteiger partial charge in [0.2, 0.25) is 0 Å². The van der Waals surface area contributed by atoms with Gasteiger partial charge in [-0.15, -0.1) is 6.42 Å². The van der Waals surface area contributed by atoms with Crippen molar-refractivity contribution < 1.29 is 0 Å². The summed E-state index contributed by atoms with van der Waals surface area (Å²) in [5.41, 5.74) is 0. The zero-order valence-corrected chi connectivity index (χ0v) is 11.0. The number of rotatable bonds is 5. The van der Waals surface area contributed by atoms with E-state index in [-0.39, 0.29) is 0 Å². The van der Waals surface area contributed by atoms with Crippen molar-refractivity contribution in [1.29, 1.82) is 0 Å². The van der Waals surface area contributed by atoms with E-state index >= 15 is 0 Å². The largest absolute Gasteiger partial charge is 0.305 e. The van der Waals surface area contributed by atoms with Gasteiger partial charge in [-0.2, -0.15) is 0 Å². The first-order valence-electron chi connectivity index (χ1n) is 6.53. The Labute approximate surface area is 101 Å². The molecular formula is C14H26N2. The maximum atomic E-state index is 5.23. The van der Waals surface area contributed by atoms with Gasteiger partial charge in [-0.05, 0) is 32.7 Å². The first kappa shape index (κ1) is 13.5. The number of likely N-dealkylation sites (N-methyl/N-ethyl adjacent to an activating group) is 1. The molecule has 0 bridgehead atoms. The van der Waals surface area contributed by atoms with Gasteiger partial charge < -0.3 is 5.32 Å². The molecule has 3 unspecified atom stereocenters. The predicted molar refractivity (Wildman–Crippen MR) is 70.3 cm³/mol. The summed E-state index contributed by atoms with van der Waals surface area (Å²) >= 11 is 0. The molecule has 1 fully saturated rings. The normalized spacial score (nSPS) is 27.7. The van der Waals surface area contributed by atoms with Gasteiger partial charge in [-0.3, -0.25) is 4.90 Å². The zero-order chi connectivity index (χ0) is 12.0. The summed E-state index contributed by atoms with van der Waals surface area (Å²) in [4.78, 5) is 2.54.